The molecule has 1 aliphatic rings. The minimum atomic E-state index is 0.600. The molecule has 0 N–H and O–H groups in total. The number of ether oxygens (including phenoxy) is 1. The van der Waals surface area contributed by atoms with Gasteiger partial charge in [-0.25, -0.2) is 4.98 Å². The normalized spacial score (nSPS) is 13.7. The minimum Gasteiger partial charge on any atom is -0.497 e. The number of aromatic nitrogens is 2. The molecular weight excluding hydrogens is 290 g/mol. The van der Waals surface area contributed by atoms with Crippen LogP contribution in [0.25, 0.3) is 11.6 Å². The molecule has 0 unspecified atom stereocenters. The molecule has 0 amide bonds. The number of fused-ring (bicyclic) bond motifs is 1. The van der Waals surface area contributed by atoms with Gasteiger partial charge in [-0.05, 0) is 24.3 Å². The quantitative estimate of drug-likeness (QED) is 0.743. The first-order chi connectivity index (χ1) is 11.3. The van der Waals surface area contributed by atoms with Crippen LogP contribution < -0.4 is 9.64 Å². The van der Waals surface area contributed by atoms with E-state index in [9.17, 15) is 0 Å². The lowest BCUT2D eigenvalue weighted by Crippen LogP contribution is -2.30. The fraction of sp³-hybridized carbons (Fsp3) is 0.222. The standard InChI is InChI=1S/C18H17N3O2/c1-22-14-6-4-5-13(11-14)21-10-8-17-16(12-21)20-18(23-17)15-7-2-3-9-19-15/h2-7,9,11H,8,10,12H2,1H3. The van der Waals surface area contributed by atoms with Gasteiger partial charge >= 0.3 is 0 Å². The minimum absolute atomic E-state index is 0.600. The summed E-state index contributed by atoms with van der Waals surface area (Å²) >= 11 is 0. The predicted octanol–water partition coefficient (Wildman–Crippen LogP) is 3.31. The summed E-state index contributed by atoms with van der Waals surface area (Å²) < 4.78 is 11.2. The van der Waals surface area contributed by atoms with Gasteiger partial charge in [-0.1, -0.05) is 12.1 Å². The summed E-state index contributed by atoms with van der Waals surface area (Å²) in [6.45, 7) is 1.63. The van der Waals surface area contributed by atoms with Crippen LogP contribution in [0.5, 0.6) is 5.75 Å². The van der Waals surface area contributed by atoms with Gasteiger partial charge in [0.1, 0.15) is 22.9 Å². The number of rotatable bonds is 3. The average Bonchev–Trinajstić information content (AvgIpc) is 3.06. The molecule has 0 radical (unpaired) electrons. The second-order valence-electron chi connectivity index (χ2n) is 5.48. The van der Waals surface area contributed by atoms with Crippen LogP contribution in [-0.2, 0) is 13.0 Å². The van der Waals surface area contributed by atoms with E-state index < -0.39 is 0 Å². The number of oxazole rings is 1. The Kier molecular flexibility index (Phi) is 3.46. The Labute approximate surface area is 134 Å². The lowest BCUT2D eigenvalue weighted by atomic mass is 10.1. The molecule has 23 heavy (non-hydrogen) atoms. The van der Waals surface area contributed by atoms with Gasteiger partial charge in [-0.3, -0.25) is 4.98 Å². The van der Waals surface area contributed by atoms with Gasteiger partial charge in [0.25, 0.3) is 0 Å². The molecule has 5 heteroatoms. The zero-order valence-corrected chi connectivity index (χ0v) is 12.9. The van der Waals surface area contributed by atoms with E-state index in [0.717, 1.165) is 48.1 Å². The second-order valence-corrected chi connectivity index (χ2v) is 5.48. The summed E-state index contributed by atoms with van der Waals surface area (Å²) in [5.74, 6) is 2.43. The van der Waals surface area contributed by atoms with E-state index in [1.807, 2.05) is 36.4 Å². The molecule has 5 nitrogen and oxygen atoms in total. The van der Waals surface area contributed by atoms with Gasteiger partial charge in [0.15, 0.2) is 0 Å². The van der Waals surface area contributed by atoms with Crippen LogP contribution in [0, 0.1) is 0 Å². The summed E-state index contributed by atoms with van der Waals surface area (Å²) in [6.07, 6.45) is 2.59. The predicted molar refractivity (Wildman–Crippen MR) is 87.5 cm³/mol. The van der Waals surface area contributed by atoms with Crippen molar-refractivity contribution in [3.63, 3.8) is 0 Å². The molecule has 0 saturated heterocycles. The Balaban J connectivity index is 1.61. The highest BCUT2D eigenvalue weighted by Gasteiger charge is 2.23. The van der Waals surface area contributed by atoms with Crippen molar-refractivity contribution in [2.75, 3.05) is 18.6 Å². The first kappa shape index (κ1) is 13.8. The van der Waals surface area contributed by atoms with Crippen molar-refractivity contribution in [2.45, 2.75) is 13.0 Å². The highest BCUT2D eigenvalue weighted by molar-refractivity contribution is 5.53. The first-order valence-corrected chi connectivity index (χ1v) is 7.62. The molecule has 0 atom stereocenters. The molecule has 4 rings (SSSR count). The SMILES string of the molecule is COc1cccc(N2CCc3oc(-c4ccccn4)nc3C2)c1. The number of hydrogen-bond donors (Lipinski definition) is 0. The molecule has 3 aromatic rings. The van der Waals surface area contributed by atoms with Crippen LogP contribution in [0.2, 0.25) is 0 Å². The smallest absolute Gasteiger partial charge is 0.245 e. The fourth-order valence-electron chi connectivity index (χ4n) is 2.82. The number of hydrogen-bond acceptors (Lipinski definition) is 5. The number of methoxy groups -OCH3 is 1. The molecule has 1 aliphatic heterocycles. The number of benzene rings is 1. The first-order valence-electron chi connectivity index (χ1n) is 7.62. The van der Waals surface area contributed by atoms with Crippen molar-refractivity contribution in [3.8, 4) is 17.3 Å². The van der Waals surface area contributed by atoms with Crippen molar-refractivity contribution in [3.05, 3.63) is 60.1 Å². The Bertz CT molecular complexity index is 814. The third-order valence-electron chi connectivity index (χ3n) is 4.03. The van der Waals surface area contributed by atoms with E-state index in [2.05, 4.69) is 20.9 Å². The zero-order chi connectivity index (χ0) is 15.6. The lowest BCUT2D eigenvalue weighted by molar-refractivity contribution is 0.414. The molecular formula is C18H17N3O2. The van der Waals surface area contributed by atoms with Gasteiger partial charge in [-0.15, -0.1) is 0 Å². The van der Waals surface area contributed by atoms with E-state index in [1.165, 1.54) is 0 Å². The summed E-state index contributed by atoms with van der Waals surface area (Å²) in [5, 5.41) is 0. The van der Waals surface area contributed by atoms with Crippen molar-refractivity contribution in [1.82, 2.24) is 9.97 Å². The van der Waals surface area contributed by atoms with E-state index >= 15 is 0 Å². The fourth-order valence-corrected chi connectivity index (χ4v) is 2.82. The molecule has 0 aliphatic carbocycles. The van der Waals surface area contributed by atoms with Crippen molar-refractivity contribution in [1.29, 1.82) is 0 Å². The van der Waals surface area contributed by atoms with Crippen molar-refractivity contribution < 1.29 is 9.15 Å². The third kappa shape index (κ3) is 2.65. The number of nitrogens with zero attached hydrogens (tertiary/aromatic N) is 3. The summed E-state index contributed by atoms with van der Waals surface area (Å²) in [5.41, 5.74) is 2.90. The van der Waals surface area contributed by atoms with E-state index in [4.69, 9.17) is 9.15 Å². The molecule has 0 spiro atoms. The summed E-state index contributed by atoms with van der Waals surface area (Å²) in [4.78, 5) is 11.2. The maximum absolute atomic E-state index is 5.90. The Hall–Kier alpha value is -2.82. The maximum Gasteiger partial charge on any atom is 0.245 e. The maximum atomic E-state index is 5.90. The van der Waals surface area contributed by atoms with Gasteiger partial charge < -0.3 is 14.1 Å². The van der Waals surface area contributed by atoms with Crippen LogP contribution >= 0.6 is 0 Å². The Morgan fingerprint density at radius 1 is 1.17 bits per heavy atom. The van der Waals surface area contributed by atoms with Crippen LogP contribution in [0.1, 0.15) is 11.5 Å². The van der Waals surface area contributed by atoms with Crippen LogP contribution in [0.15, 0.2) is 53.1 Å². The topological polar surface area (TPSA) is 51.4 Å². The van der Waals surface area contributed by atoms with Gasteiger partial charge in [0, 0.05) is 30.9 Å². The van der Waals surface area contributed by atoms with E-state index in [1.54, 1.807) is 13.3 Å². The van der Waals surface area contributed by atoms with Crippen molar-refractivity contribution >= 4 is 5.69 Å². The van der Waals surface area contributed by atoms with Crippen LogP contribution in [0.3, 0.4) is 0 Å². The summed E-state index contributed by atoms with van der Waals surface area (Å²) in [6, 6.07) is 13.8. The van der Waals surface area contributed by atoms with Gasteiger partial charge in [-0.2, -0.15) is 0 Å². The monoisotopic (exact) mass is 307 g/mol. The van der Waals surface area contributed by atoms with Crippen LogP contribution in [-0.4, -0.2) is 23.6 Å². The zero-order valence-electron chi connectivity index (χ0n) is 12.9. The average molecular weight is 307 g/mol. The van der Waals surface area contributed by atoms with E-state index in [-0.39, 0.29) is 0 Å². The molecule has 0 saturated carbocycles. The molecule has 0 bridgehead atoms. The van der Waals surface area contributed by atoms with Crippen LogP contribution in [0.4, 0.5) is 5.69 Å². The van der Waals surface area contributed by atoms with Crippen molar-refractivity contribution in [2.24, 2.45) is 0 Å². The second kappa shape index (κ2) is 5.76. The molecule has 1 aromatic carbocycles. The molecule has 116 valence electrons. The molecule has 2 aromatic heterocycles. The molecule has 0 fully saturated rings. The Morgan fingerprint density at radius 2 is 2.13 bits per heavy atom. The third-order valence-corrected chi connectivity index (χ3v) is 4.03. The highest BCUT2D eigenvalue weighted by atomic mass is 16.5. The largest absolute Gasteiger partial charge is 0.497 e. The Morgan fingerprint density at radius 3 is 2.96 bits per heavy atom. The van der Waals surface area contributed by atoms with Gasteiger partial charge in [0.2, 0.25) is 5.89 Å². The number of pyridine rings is 1. The summed E-state index contributed by atoms with van der Waals surface area (Å²) in [7, 11) is 1.68. The molecule has 3 heterocycles. The highest BCUT2D eigenvalue weighted by Crippen LogP contribution is 2.29. The van der Waals surface area contributed by atoms with Gasteiger partial charge in [0.05, 0.1) is 13.7 Å². The van der Waals surface area contributed by atoms with E-state index in [0.29, 0.717) is 5.89 Å². The number of anilines is 1. The lowest BCUT2D eigenvalue weighted by Gasteiger charge is -2.27.